The number of thiophene rings is 2. The zero-order valence-electron chi connectivity index (χ0n) is 59.6. The van der Waals surface area contributed by atoms with Crippen molar-refractivity contribution in [3.8, 4) is 67.3 Å². The number of aromatic nitrogens is 4. The molecule has 0 atom stereocenters. The van der Waals surface area contributed by atoms with Crippen molar-refractivity contribution in [2.24, 2.45) is 0 Å². The second kappa shape index (κ2) is 24.9. The zero-order chi connectivity index (χ0) is 72.1. The van der Waals surface area contributed by atoms with Crippen molar-refractivity contribution in [1.82, 2.24) is 18.3 Å². The molecule has 0 amide bonds. The van der Waals surface area contributed by atoms with Gasteiger partial charge in [0.05, 0.1) is 44.1 Å². The van der Waals surface area contributed by atoms with Crippen LogP contribution >= 0.6 is 22.7 Å². The topological polar surface area (TPSA) is 19.7 Å². The maximum atomic E-state index is 2.46. The molecule has 6 aromatic heterocycles. The molecule has 6 heterocycles. The van der Waals surface area contributed by atoms with Crippen molar-refractivity contribution in [1.29, 1.82) is 0 Å². The molecule has 0 fully saturated rings. The maximum absolute atomic E-state index is 2.46. The fourth-order valence-corrected chi connectivity index (χ4v) is 20.1. The van der Waals surface area contributed by atoms with Crippen LogP contribution in [0.3, 0.4) is 0 Å². The van der Waals surface area contributed by atoms with Gasteiger partial charge < -0.3 is 18.3 Å². The molecule has 0 aliphatic heterocycles. The third-order valence-electron chi connectivity index (χ3n) is 23.0. The van der Waals surface area contributed by atoms with E-state index < -0.39 is 0 Å². The molecule has 18 aromatic carbocycles. The first kappa shape index (κ1) is 62.3. The molecule has 0 aliphatic carbocycles. The first-order valence-corrected chi connectivity index (χ1v) is 39.3. The SMILES string of the molecule is c1ccc(-c2ccc(-n3c4ccccc4c4cc(-c5ccc6c(c5)c5c7c(ccc5n6-c5ccc6ccccc6c5)sc5ccccc57)ccc43)cc2)cc1.c1ccc(-c2ccc(-n3c4ccccc4c4cc(-c5ccc6c(c5)c5cc7sc8ccccc8c7cc5n6-c5ccc6ccccc6c5)ccc43)cc2)cc1. The molecule has 0 saturated carbocycles. The lowest BCUT2D eigenvalue weighted by Gasteiger charge is -2.11. The van der Waals surface area contributed by atoms with Crippen LogP contribution in [0.2, 0.25) is 0 Å². The molecule has 24 rings (SSSR count). The minimum atomic E-state index is 1.16. The van der Waals surface area contributed by atoms with Crippen LogP contribution in [-0.4, -0.2) is 18.3 Å². The largest absolute Gasteiger partial charge is 0.309 e. The smallest absolute Gasteiger partial charge is 0.0548 e. The molecule has 0 spiro atoms. The molecule has 4 nitrogen and oxygen atoms in total. The van der Waals surface area contributed by atoms with E-state index in [9.17, 15) is 0 Å². The monoisotopic (exact) mass is 1430 g/mol. The molecule has 0 bridgehead atoms. The summed E-state index contributed by atoms with van der Waals surface area (Å²) in [6.07, 6.45) is 0. The summed E-state index contributed by atoms with van der Waals surface area (Å²) in [5.41, 5.74) is 24.2. The minimum Gasteiger partial charge on any atom is -0.309 e. The van der Waals surface area contributed by atoms with Crippen LogP contribution in [0.1, 0.15) is 0 Å². The standard InChI is InChI=1S/2C52H32N2S/c1-2-10-33(11-3-1)35-18-23-39(24-19-35)53-47-16-8-6-14-41(47)43-29-37(21-26-48(43)53)38-22-27-49-44(30-38)45-32-52-46(42-15-7-9-17-51(42)55-52)31-50(45)54(49)40-25-20-34-12-4-5-13-36(34)28-40;1-2-10-33(11-3-1)35-18-23-39(24-19-35)53-45-16-8-6-14-41(45)43-31-37(21-26-46(43)53)38-22-27-47-44(32-38)51-48(28-29-50-52(51)42-15-7-9-17-49(42)55-50)54(47)40-25-20-34-12-4-5-13-36(34)30-40/h2*1-32H. The molecular weight excluding hydrogens is 1370 g/mol. The minimum absolute atomic E-state index is 1.16. The first-order valence-electron chi connectivity index (χ1n) is 37.7. The first-order chi connectivity index (χ1) is 54.5. The number of rotatable bonds is 8. The van der Waals surface area contributed by atoms with E-state index in [-0.39, 0.29) is 0 Å². The Hall–Kier alpha value is -13.9. The molecule has 0 aliphatic rings. The van der Waals surface area contributed by atoms with E-state index in [1.165, 1.54) is 205 Å². The Morgan fingerprint density at radius 3 is 1.02 bits per heavy atom. The molecule has 0 radical (unpaired) electrons. The highest BCUT2D eigenvalue weighted by Gasteiger charge is 2.23. The number of benzene rings is 18. The quantitative estimate of drug-likeness (QED) is 0.144. The summed E-state index contributed by atoms with van der Waals surface area (Å²) in [6.45, 7) is 0. The van der Waals surface area contributed by atoms with Crippen molar-refractivity contribution in [3.05, 3.63) is 388 Å². The third-order valence-corrected chi connectivity index (χ3v) is 25.3. The van der Waals surface area contributed by atoms with E-state index in [1.807, 2.05) is 22.7 Å². The van der Waals surface area contributed by atoms with E-state index in [0.717, 1.165) is 11.4 Å². The fourth-order valence-electron chi connectivity index (χ4n) is 17.8. The van der Waals surface area contributed by atoms with Gasteiger partial charge in [0.2, 0.25) is 0 Å². The molecule has 0 N–H and O–H groups in total. The molecule has 0 unspecified atom stereocenters. The number of hydrogen-bond donors (Lipinski definition) is 0. The summed E-state index contributed by atoms with van der Waals surface area (Å²) in [4.78, 5) is 0. The van der Waals surface area contributed by atoms with Gasteiger partial charge in [-0.15, -0.1) is 22.7 Å². The molecule has 512 valence electrons. The highest BCUT2D eigenvalue weighted by molar-refractivity contribution is 7.26. The van der Waals surface area contributed by atoms with Crippen molar-refractivity contribution in [2.45, 2.75) is 0 Å². The van der Waals surface area contributed by atoms with Gasteiger partial charge in [0.25, 0.3) is 0 Å². The van der Waals surface area contributed by atoms with Gasteiger partial charge in [-0.25, -0.2) is 0 Å². The molecule has 6 heteroatoms. The van der Waals surface area contributed by atoms with Gasteiger partial charge in [-0.3, -0.25) is 0 Å². The van der Waals surface area contributed by atoms with Crippen LogP contribution in [0.4, 0.5) is 0 Å². The second-order valence-corrected chi connectivity index (χ2v) is 31.3. The van der Waals surface area contributed by atoms with E-state index in [2.05, 4.69) is 407 Å². The van der Waals surface area contributed by atoms with Crippen molar-refractivity contribution < 1.29 is 0 Å². The van der Waals surface area contributed by atoms with Gasteiger partial charge in [-0.05, 0) is 212 Å². The van der Waals surface area contributed by atoms with Crippen LogP contribution in [0.25, 0.3) is 216 Å². The lowest BCUT2D eigenvalue weighted by molar-refractivity contribution is 1.18. The van der Waals surface area contributed by atoms with E-state index >= 15 is 0 Å². The summed E-state index contributed by atoms with van der Waals surface area (Å²) in [5.74, 6) is 0. The van der Waals surface area contributed by atoms with E-state index in [1.54, 1.807) is 0 Å². The van der Waals surface area contributed by atoms with E-state index in [0.29, 0.717) is 0 Å². The van der Waals surface area contributed by atoms with Gasteiger partial charge in [0, 0.05) is 106 Å². The van der Waals surface area contributed by atoms with Gasteiger partial charge in [-0.1, -0.05) is 243 Å². The average molecular weight is 1430 g/mol. The van der Waals surface area contributed by atoms with Crippen molar-refractivity contribution in [3.63, 3.8) is 0 Å². The second-order valence-electron chi connectivity index (χ2n) is 29.1. The Kier molecular flexibility index (Phi) is 14.1. The Labute approximate surface area is 640 Å². The molecule has 110 heavy (non-hydrogen) atoms. The Morgan fingerprint density at radius 2 is 0.491 bits per heavy atom. The third kappa shape index (κ3) is 9.90. The van der Waals surface area contributed by atoms with Gasteiger partial charge in [0.1, 0.15) is 0 Å². The van der Waals surface area contributed by atoms with Gasteiger partial charge >= 0.3 is 0 Å². The van der Waals surface area contributed by atoms with Crippen LogP contribution in [0.5, 0.6) is 0 Å². The number of para-hydroxylation sites is 2. The van der Waals surface area contributed by atoms with Crippen molar-refractivity contribution in [2.75, 3.05) is 0 Å². The summed E-state index contributed by atoms with van der Waals surface area (Å²) >= 11 is 3.77. The van der Waals surface area contributed by atoms with Crippen LogP contribution < -0.4 is 0 Å². The van der Waals surface area contributed by atoms with Gasteiger partial charge in [-0.2, -0.15) is 0 Å². The van der Waals surface area contributed by atoms with Gasteiger partial charge in [0.15, 0.2) is 0 Å². The van der Waals surface area contributed by atoms with E-state index in [4.69, 9.17) is 0 Å². The Balaban J connectivity index is 0.000000132. The van der Waals surface area contributed by atoms with Crippen molar-refractivity contribution >= 4 is 172 Å². The Bertz CT molecular complexity index is 7800. The zero-order valence-corrected chi connectivity index (χ0v) is 61.2. The summed E-state index contributed by atoms with van der Waals surface area (Å²) in [6, 6.07) is 143. The normalized spacial score (nSPS) is 12.0. The maximum Gasteiger partial charge on any atom is 0.0548 e. The number of fused-ring (bicyclic) bond motifs is 21. The highest BCUT2D eigenvalue weighted by Crippen LogP contribution is 2.48. The molecule has 0 saturated heterocycles. The highest BCUT2D eigenvalue weighted by atomic mass is 32.1. The number of nitrogens with zero attached hydrogens (tertiary/aromatic N) is 4. The summed E-state index contributed by atoms with van der Waals surface area (Å²) < 4.78 is 15.0. The van der Waals surface area contributed by atoms with Crippen LogP contribution in [0, 0.1) is 0 Å². The summed E-state index contributed by atoms with van der Waals surface area (Å²) in [5, 5.41) is 20.4. The predicted molar refractivity (Wildman–Crippen MR) is 473 cm³/mol. The average Bonchev–Trinajstić information content (AvgIpc) is 1.56. The van der Waals surface area contributed by atoms with Crippen LogP contribution in [-0.2, 0) is 0 Å². The molecule has 24 aromatic rings. The summed E-state index contributed by atoms with van der Waals surface area (Å²) in [7, 11) is 0. The lowest BCUT2D eigenvalue weighted by atomic mass is 9.99. The Morgan fingerprint density at radius 1 is 0.145 bits per heavy atom. The molecular formula is C104H64N4S2. The predicted octanol–water partition coefficient (Wildman–Crippen LogP) is 29.5. The lowest BCUT2D eigenvalue weighted by Crippen LogP contribution is -1.94. The number of hydrogen-bond acceptors (Lipinski definition) is 2. The van der Waals surface area contributed by atoms with Crippen LogP contribution in [0.15, 0.2) is 388 Å². The fraction of sp³-hybridized carbons (Fsp3) is 0.